The van der Waals surface area contributed by atoms with E-state index in [1.165, 1.54) is 0 Å². The smallest absolute Gasteiger partial charge is 0.307 e. The van der Waals surface area contributed by atoms with E-state index in [1.807, 2.05) is 62.4 Å². The van der Waals surface area contributed by atoms with Crippen LogP contribution in [0.1, 0.15) is 40.9 Å². The van der Waals surface area contributed by atoms with Crippen LogP contribution >= 0.6 is 23.2 Å². The minimum absolute atomic E-state index is 0.221. The van der Waals surface area contributed by atoms with Crippen LogP contribution in [0.5, 0.6) is 5.88 Å². The Balaban J connectivity index is 1.09. The molecule has 0 spiro atoms. The maximum Gasteiger partial charge on any atom is 0.307 e. The van der Waals surface area contributed by atoms with Crippen molar-refractivity contribution in [3.8, 4) is 28.5 Å². The van der Waals surface area contributed by atoms with E-state index in [0.29, 0.717) is 71.2 Å². The first-order chi connectivity index (χ1) is 23.6. The number of likely N-dealkylation sites (tertiary alicyclic amines) is 2. The van der Waals surface area contributed by atoms with E-state index in [1.54, 1.807) is 6.20 Å². The van der Waals surface area contributed by atoms with E-state index in [9.17, 15) is 15.0 Å². The van der Waals surface area contributed by atoms with E-state index >= 15 is 0 Å². The summed E-state index contributed by atoms with van der Waals surface area (Å²) < 4.78 is 12.3. The van der Waals surface area contributed by atoms with Crippen molar-refractivity contribution in [2.45, 2.75) is 52.5 Å². The van der Waals surface area contributed by atoms with Gasteiger partial charge in [0, 0.05) is 49.4 Å². The third kappa shape index (κ3) is 7.15. The number of carboxylic acids is 1. The van der Waals surface area contributed by atoms with Gasteiger partial charge in [0.05, 0.1) is 39.7 Å². The maximum absolute atomic E-state index is 11.4. The lowest BCUT2D eigenvalue weighted by Crippen LogP contribution is -2.22. The van der Waals surface area contributed by atoms with Crippen molar-refractivity contribution in [3.05, 3.63) is 92.9 Å². The van der Waals surface area contributed by atoms with Crippen LogP contribution in [0, 0.1) is 19.8 Å². The fourth-order valence-electron chi connectivity index (χ4n) is 6.81. The molecule has 0 saturated carbocycles. The largest absolute Gasteiger partial charge is 0.481 e. The summed E-state index contributed by atoms with van der Waals surface area (Å²) in [5.74, 6) is -0.187. The standard InChI is InChI=1S/C37H37Cl2N5O5/c1-21-28(30-8-3-5-25(33(30)39)20-48-35-22(2)41-26(15-40-35)18-44-12-10-27(45)19-44)6-4-7-29(21)36-42-32-14-23(13-31(38)34(32)49-36)16-43-11-9-24(17-43)37(46)47/h3-8,13-15,24,27,45H,9-12,16-20H2,1-2H3,(H,46,47). The normalized spacial score (nSPS) is 18.5. The molecular formula is C37H37Cl2N5O5. The van der Waals surface area contributed by atoms with Gasteiger partial charge in [-0.3, -0.25) is 14.6 Å². The molecule has 2 aliphatic rings. The van der Waals surface area contributed by atoms with Crippen molar-refractivity contribution in [2.24, 2.45) is 5.92 Å². The maximum atomic E-state index is 11.4. The number of aromatic nitrogens is 3. The van der Waals surface area contributed by atoms with Gasteiger partial charge in [0.2, 0.25) is 11.8 Å². The summed E-state index contributed by atoms with van der Waals surface area (Å²) in [6, 6.07) is 15.6. The molecule has 0 bridgehead atoms. The van der Waals surface area contributed by atoms with Crippen LogP contribution in [0.2, 0.25) is 10.0 Å². The highest BCUT2D eigenvalue weighted by molar-refractivity contribution is 6.35. The Morgan fingerprint density at radius 2 is 1.73 bits per heavy atom. The predicted octanol–water partition coefficient (Wildman–Crippen LogP) is 6.93. The summed E-state index contributed by atoms with van der Waals surface area (Å²) in [5.41, 5.74) is 8.03. The number of ether oxygens (including phenoxy) is 1. The molecular weight excluding hydrogens is 665 g/mol. The fraction of sp³-hybridized carbons (Fsp3) is 0.351. The molecule has 7 rings (SSSR count). The molecule has 2 fully saturated rings. The number of aryl methyl sites for hydroxylation is 1. The lowest BCUT2D eigenvalue weighted by atomic mass is 9.95. The van der Waals surface area contributed by atoms with Gasteiger partial charge >= 0.3 is 5.97 Å². The average molecular weight is 703 g/mol. The van der Waals surface area contributed by atoms with Crippen LogP contribution in [-0.4, -0.2) is 73.2 Å². The number of β-amino-alcohol motifs (C(OH)–C–C–N with tert-alkyl or cyclic N) is 1. The van der Waals surface area contributed by atoms with E-state index in [0.717, 1.165) is 58.6 Å². The molecule has 0 aliphatic carbocycles. The zero-order valence-corrected chi connectivity index (χ0v) is 28.8. The molecule has 2 atom stereocenters. The van der Waals surface area contributed by atoms with E-state index < -0.39 is 5.97 Å². The molecule has 12 heteroatoms. The molecule has 10 nitrogen and oxygen atoms in total. The van der Waals surface area contributed by atoms with Gasteiger partial charge in [-0.2, -0.15) is 0 Å². The number of aliphatic hydroxyl groups is 1. The van der Waals surface area contributed by atoms with Crippen molar-refractivity contribution in [3.63, 3.8) is 0 Å². The monoisotopic (exact) mass is 701 g/mol. The first kappa shape index (κ1) is 33.4. The van der Waals surface area contributed by atoms with E-state index in [2.05, 4.69) is 19.8 Å². The molecule has 0 amide bonds. The number of halogens is 2. The average Bonchev–Trinajstić information content (AvgIpc) is 3.82. The lowest BCUT2D eigenvalue weighted by molar-refractivity contribution is -0.141. The van der Waals surface area contributed by atoms with Gasteiger partial charge in [-0.25, -0.2) is 15.0 Å². The zero-order valence-electron chi connectivity index (χ0n) is 27.3. The van der Waals surface area contributed by atoms with Gasteiger partial charge in [-0.1, -0.05) is 53.5 Å². The minimum Gasteiger partial charge on any atom is -0.481 e. The molecule has 4 heterocycles. The van der Waals surface area contributed by atoms with Crippen LogP contribution in [-0.2, 0) is 24.5 Å². The molecule has 254 valence electrons. The number of benzene rings is 3. The van der Waals surface area contributed by atoms with Gasteiger partial charge in [-0.05, 0) is 68.1 Å². The summed E-state index contributed by atoms with van der Waals surface area (Å²) >= 11 is 13.7. The first-order valence-corrected chi connectivity index (χ1v) is 17.2. The molecule has 49 heavy (non-hydrogen) atoms. The van der Waals surface area contributed by atoms with Gasteiger partial charge < -0.3 is 19.4 Å². The molecule has 2 saturated heterocycles. The summed E-state index contributed by atoms with van der Waals surface area (Å²) in [4.78, 5) is 29.7. The summed E-state index contributed by atoms with van der Waals surface area (Å²) in [7, 11) is 0. The molecule has 2 unspecified atom stereocenters. The van der Waals surface area contributed by atoms with Crippen molar-refractivity contribution in [1.82, 2.24) is 24.8 Å². The van der Waals surface area contributed by atoms with Crippen molar-refractivity contribution in [1.29, 1.82) is 0 Å². The van der Waals surface area contributed by atoms with Crippen molar-refractivity contribution >= 4 is 40.3 Å². The Bertz CT molecular complexity index is 2030. The second-order valence-electron chi connectivity index (χ2n) is 13.0. The number of aliphatic carboxylic acids is 1. The van der Waals surface area contributed by atoms with Crippen molar-refractivity contribution in [2.75, 3.05) is 26.2 Å². The summed E-state index contributed by atoms with van der Waals surface area (Å²) in [6.45, 7) is 8.09. The Morgan fingerprint density at radius 1 is 0.980 bits per heavy atom. The van der Waals surface area contributed by atoms with Gasteiger partial charge in [0.15, 0.2) is 5.58 Å². The number of fused-ring (bicyclic) bond motifs is 1. The molecule has 5 aromatic rings. The number of carboxylic acid groups (broad SMARTS) is 1. The molecule has 2 aromatic heterocycles. The third-order valence-electron chi connectivity index (χ3n) is 9.41. The highest BCUT2D eigenvalue weighted by Gasteiger charge is 2.28. The Labute approximate surface area is 294 Å². The Kier molecular flexibility index (Phi) is 9.59. The van der Waals surface area contributed by atoms with Crippen LogP contribution < -0.4 is 4.74 Å². The fourth-order valence-corrected chi connectivity index (χ4v) is 7.37. The third-order valence-corrected chi connectivity index (χ3v) is 10.1. The summed E-state index contributed by atoms with van der Waals surface area (Å²) in [5, 5.41) is 20.2. The number of nitrogens with zero attached hydrogens (tertiary/aromatic N) is 5. The van der Waals surface area contributed by atoms with E-state index in [4.69, 9.17) is 37.3 Å². The van der Waals surface area contributed by atoms with Gasteiger partial charge in [0.25, 0.3) is 0 Å². The molecule has 0 radical (unpaired) electrons. The minimum atomic E-state index is -0.751. The van der Waals surface area contributed by atoms with Crippen LogP contribution in [0.4, 0.5) is 0 Å². The number of hydrogen-bond donors (Lipinski definition) is 2. The number of oxazole rings is 1. The Hall–Kier alpha value is -4.06. The molecule has 2 aliphatic heterocycles. The highest BCUT2D eigenvalue weighted by Crippen LogP contribution is 2.39. The van der Waals surface area contributed by atoms with Gasteiger partial charge in [-0.15, -0.1) is 0 Å². The topological polar surface area (TPSA) is 125 Å². The predicted molar refractivity (Wildman–Crippen MR) is 188 cm³/mol. The lowest BCUT2D eigenvalue weighted by Gasteiger charge is -2.16. The summed E-state index contributed by atoms with van der Waals surface area (Å²) in [6.07, 6.45) is 2.87. The second-order valence-corrected chi connectivity index (χ2v) is 13.8. The molecule has 3 aromatic carbocycles. The van der Waals surface area contributed by atoms with E-state index in [-0.39, 0.29) is 18.6 Å². The number of aliphatic hydroxyl groups excluding tert-OH is 1. The quantitative estimate of drug-likeness (QED) is 0.158. The number of rotatable bonds is 10. The zero-order chi connectivity index (χ0) is 34.2. The van der Waals surface area contributed by atoms with Crippen LogP contribution in [0.3, 0.4) is 0 Å². The van der Waals surface area contributed by atoms with Crippen LogP contribution in [0.25, 0.3) is 33.7 Å². The van der Waals surface area contributed by atoms with Crippen LogP contribution in [0.15, 0.2) is 59.1 Å². The SMILES string of the molecule is Cc1nc(CN2CCC(O)C2)cnc1OCc1cccc(-c2cccc(-c3nc4cc(CN5CCC(C(=O)O)C5)cc(Cl)c4o3)c2C)c1Cl. The Morgan fingerprint density at radius 3 is 2.49 bits per heavy atom. The van der Waals surface area contributed by atoms with Crippen molar-refractivity contribution < 1.29 is 24.2 Å². The second kappa shape index (κ2) is 14.0. The number of carbonyl (C=O) groups is 1. The first-order valence-electron chi connectivity index (χ1n) is 16.4. The molecule has 2 N–H and O–H groups in total. The van der Waals surface area contributed by atoms with Gasteiger partial charge in [0.1, 0.15) is 12.1 Å². The highest BCUT2D eigenvalue weighted by atomic mass is 35.5. The number of hydrogen-bond acceptors (Lipinski definition) is 9.